The Morgan fingerprint density at radius 2 is 1.67 bits per heavy atom. The Morgan fingerprint density at radius 1 is 1.00 bits per heavy atom. The van der Waals surface area contributed by atoms with Crippen LogP contribution in [0, 0.1) is 11.6 Å². The van der Waals surface area contributed by atoms with E-state index in [1.807, 2.05) is 0 Å². The fourth-order valence-corrected chi connectivity index (χ4v) is 2.79. The molecule has 7 heteroatoms. The SMILES string of the molecule is O=S(=O)(Nc1ccc(F)c(F)c1)c1ccc(CCO)cc1. The molecule has 0 aliphatic rings. The van der Waals surface area contributed by atoms with E-state index in [0.717, 1.165) is 23.8 Å². The molecule has 2 aromatic carbocycles. The lowest BCUT2D eigenvalue weighted by Crippen LogP contribution is -2.13. The van der Waals surface area contributed by atoms with Crippen molar-refractivity contribution in [2.45, 2.75) is 11.3 Å². The van der Waals surface area contributed by atoms with Crippen molar-refractivity contribution in [1.82, 2.24) is 0 Å². The summed E-state index contributed by atoms with van der Waals surface area (Å²) in [5, 5.41) is 8.80. The fourth-order valence-electron chi connectivity index (χ4n) is 1.74. The van der Waals surface area contributed by atoms with E-state index >= 15 is 0 Å². The van der Waals surface area contributed by atoms with Gasteiger partial charge >= 0.3 is 0 Å². The second-order valence-electron chi connectivity index (χ2n) is 4.35. The first-order chi connectivity index (χ1) is 9.92. The molecule has 2 rings (SSSR count). The maximum absolute atomic E-state index is 13.1. The van der Waals surface area contributed by atoms with Gasteiger partial charge in [-0.3, -0.25) is 4.72 Å². The minimum absolute atomic E-state index is 0.00563. The Hall–Kier alpha value is -1.99. The van der Waals surface area contributed by atoms with Crippen LogP contribution in [0.2, 0.25) is 0 Å². The molecule has 0 aliphatic heterocycles. The summed E-state index contributed by atoms with van der Waals surface area (Å²) in [7, 11) is -3.88. The van der Waals surface area contributed by atoms with E-state index in [2.05, 4.69) is 4.72 Å². The molecule has 0 unspecified atom stereocenters. The van der Waals surface area contributed by atoms with Crippen LogP contribution in [-0.4, -0.2) is 20.1 Å². The molecule has 0 aromatic heterocycles. The summed E-state index contributed by atoms with van der Waals surface area (Å²) in [5.74, 6) is -2.18. The Kier molecular flexibility index (Phi) is 4.54. The highest BCUT2D eigenvalue weighted by molar-refractivity contribution is 7.92. The normalized spacial score (nSPS) is 11.4. The number of hydrogen-bond acceptors (Lipinski definition) is 3. The predicted molar refractivity (Wildman–Crippen MR) is 74.4 cm³/mol. The van der Waals surface area contributed by atoms with Crippen molar-refractivity contribution in [3.63, 3.8) is 0 Å². The Morgan fingerprint density at radius 3 is 2.24 bits per heavy atom. The van der Waals surface area contributed by atoms with Gasteiger partial charge in [-0.2, -0.15) is 0 Å². The third-order valence-electron chi connectivity index (χ3n) is 2.81. The Balaban J connectivity index is 2.23. The molecule has 0 atom stereocenters. The molecule has 0 radical (unpaired) electrons. The van der Waals surface area contributed by atoms with Crippen LogP contribution in [0.25, 0.3) is 0 Å². The van der Waals surface area contributed by atoms with Crippen LogP contribution < -0.4 is 4.72 Å². The number of benzene rings is 2. The van der Waals surface area contributed by atoms with Gasteiger partial charge in [0, 0.05) is 12.7 Å². The lowest BCUT2D eigenvalue weighted by atomic mass is 10.2. The lowest BCUT2D eigenvalue weighted by molar-refractivity contribution is 0.299. The minimum Gasteiger partial charge on any atom is -0.396 e. The molecule has 0 fully saturated rings. The van der Waals surface area contributed by atoms with Gasteiger partial charge in [0.15, 0.2) is 11.6 Å². The molecule has 0 saturated heterocycles. The van der Waals surface area contributed by atoms with Crippen molar-refractivity contribution in [3.8, 4) is 0 Å². The predicted octanol–water partition coefficient (Wildman–Crippen LogP) is 2.30. The van der Waals surface area contributed by atoms with E-state index in [-0.39, 0.29) is 17.2 Å². The van der Waals surface area contributed by atoms with E-state index in [1.54, 1.807) is 12.1 Å². The summed E-state index contributed by atoms with van der Waals surface area (Å²) in [6, 6.07) is 8.67. The van der Waals surface area contributed by atoms with Gasteiger partial charge in [-0.25, -0.2) is 17.2 Å². The standard InChI is InChI=1S/C14H13F2NO3S/c15-13-6-3-11(9-14(13)16)17-21(19,20)12-4-1-10(2-5-12)7-8-18/h1-6,9,17-18H,7-8H2. The maximum atomic E-state index is 13.1. The second kappa shape index (κ2) is 6.19. The molecule has 0 spiro atoms. The molecule has 2 N–H and O–H groups in total. The van der Waals surface area contributed by atoms with Gasteiger partial charge in [0.05, 0.1) is 10.6 Å². The van der Waals surface area contributed by atoms with Gasteiger partial charge in [0.25, 0.3) is 10.0 Å². The van der Waals surface area contributed by atoms with Crippen LogP contribution in [0.3, 0.4) is 0 Å². The summed E-state index contributed by atoms with van der Waals surface area (Å²) in [6.45, 7) is -0.0286. The average molecular weight is 313 g/mol. The number of nitrogens with one attached hydrogen (secondary N) is 1. The summed E-state index contributed by atoms with van der Waals surface area (Å²) in [6.07, 6.45) is 0.428. The first kappa shape index (κ1) is 15.4. The van der Waals surface area contributed by atoms with Crippen LogP contribution in [0.1, 0.15) is 5.56 Å². The van der Waals surface area contributed by atoms with Crippen LogP contribution in [0.15, 0.2) is 47.4 Å². The molecule has 21 heavy (non-hydrogen) atoms. The van der Waals surface area contributed by atoms with Crippen molar-refractivity contribution in [2.75, 3.05) is 11.3 Å². The van der Waals surface area contributed by atoms with Gasteiger partial charge in [-0.1, -0.05) is 12.1 Å². The van der Waals surface area contributed by atoms with Crippen molar-refractivity contribution >= 4 is 15.7 Å². The number of hydrogen-bond donors (Lipinski definition) is 2. The third-order valence-corrected chi connectivity index (χ3v) is 4.20. The van der Waals surface area contributed by atoms with Crippen molar-refractivity contribution in [3.05, 3.63) is 59.7 Å². The first-order valence-corrected chi connectivity index (χ1v) is 7.58. The largest absolute Gasteiger partial charge is 0.396 e. The number of aliphatic hydroxyl groups is 1. The Labute approximate surface area is 121 Å². The zero-order valence-corrected chi connectivity index (χ0v) is 11.7. The zero-order chi connectivity index (χ0) is 15.5. The number of sulfonamides is 1. The van der Waals surface area contributed by atoms with E-state index in [1.165, 1.54) is 12.1 Å². The van der Waals surface area contributed by atoms with Crippen LogP contribution >= 0.6 is 0 Å². The van der Waals surface area contributed by atoms with Crippen molar-refractivity contribution in [2.24, 2.45) is 0 Å². The minimum atomic E-state index is -3.88. The van der Waals surface area contributed by atoms with Gasteiger partial charge in [-0.15, -0.1) is 0 Å². The average Bonchev–Trinajstić information content (AvgIpc) is 2.44. The van der Waals surface area contributed by atoms with Crippen molar-refractivity contribution in [1.29, 1.82) is 0 Å². The topological polar surface area (TPSA) is 66.4 Å². The third kappa shape index (κ3) is 3.77. The van der Waals surface area contributed by atoms with E-state index in [9.17, 15) is 17.2 Å². The molecule has 0 aliphatic carbocycles. The van der Waals surface area contributed by atoms with E-state index in [0.29, 0.717) is 6.42 Å². The quantitative estimate of drug-likeness (QED) is 0.890. The van der Waals surface area contributed by atoms with E-state index in [4.69, 9.17) is 5.11 Å². The molecule has 2 aromatic rings. The number of anilines is 1. The molecule has 0 bridgehead atoms. The van der Waals surface area contributed by atoms with Crippen molar-refractivity contribution < 1.29 is 22.3 Å². The van der Waals surface area contributed by atoms with Crippen LogP contribution in [0.5, 0.6) is 0 Å². The lowest BCUT2D eigenvalue weighted by Gasteiger charge is -2.09. The number of halogens is 2. The summed E-state index contributed by atoms with van der Waals surface area (Å²) >= 11 is 0. The second-order valence-corrected chi connectivity index (χ2v) is 6.03. The molecule has 0 saturated carbocycles. The zero-order valence-electron chi connectivity index (χ0n) is 10.9. The molecule has 4 nitrogen and oxygen atoms in total. The number of rotatable bonds is 5. The molecular formula is C14H13F2NO3S. The highest BCUT2D eigenvalue weighted by atomic mass is 32.2. The summed E-state index contributed by atoms with van der Waals surface area (Å²) in [5.41, 5.74) is 0.734. The highest BCUT2D eigenvalue weighted by Gasteiger charge is 2.15. The first-order valence-electron chi connectivity index (χ1n) is 6.10. The van der Waals surface area contributed by atoms with Gasteiger partial charge in [-0.05, 0) is 36.2 Å². The molecule has 112 valence electrons. The summed E-state index contributed by atoms with van der Waals surface area (Å²) < 4.78 is 52.2. The number of aliphatic hydroxyl groups excluding tert-OH is 1. The summed E-state index contributed by atoms with van der Waals surface area (Å²) in [4.78, 5) is -0.00563. The van der Waals surface area contributed by atoms with Crippen LogP contribution in [-0.2, 0) is 16.4 Å². The Bertz CT molecular complexity index is 730. The van der Waals surface area contributed by atoms with Crippen LogP contribution in [0.4, 0.5) is 14.5 Å². The van der Waals surface area contributed by atoms with Gasteiger partial charge in [0.2, 0.25) is 0 Å². The highest BCUT2D eigenvalue weighted by Crippen LogP contribution is 2.18. The molecule has 0 amide bonds. The van der Waals surface area contributed by atoms with Gasteiger partial charge < -0.3 is 5.11 Å². The fraction of sp³-hybridized carbons (Fsp3) is 0.143. The monoisotopic (exact) mass is 313 g/mol. The smallest absolute Gasteiger partial charge is 0.261 e. The van der Waals surface area contributed by atoms with Gasteiger partial charge in [0.1, 0.15) is 0 Å². The maximum Gasteiger partial charge on any atom is 0.261 e. The molecule has 0 heterocycles. The molecular weight excluding hydrogens is 300 g/mol. The van der Waals surface area contributed by atoms with E-state index < -0.39 is 21.7 Å².